The Morgan fingerprint density at radius 2 is 2.27 bits per heavy atom. The molecule has 0 aliphatic carbocycles. The average molecular weight is 153 g/mol. The first-order valence-corrected chi connectivity index (χ1v) is 4.10. The van der Waals surface area contributed by atoms with E-state index in [4.69, 9.17) is 0 Å². The zero-order valence-corrected chi connectivity index (χ0v) is 7.41. The first kappa shape index (κ1) is 8.24. The van der Waals surface area contributed by atoms with Gasteiger partial charge in [0.2, 0.25) is 0 Å². The van der Waals surface area contributed by atoms with Crippen molar-refractivity contribution in [2.24, 2.45) is 5.92 Å². The summed E-state index contributed by atoms with van der Waals surface area (Å²) in [5.41, 5.74) is 0. The summed E-state index contributed by atoms with van der Waals surface area (Å²) in [4.78, 5) is 0. The van der Waals surface area contributed by atoms with Gasteiger partial charge in [-0.15, -0.1) is 10.2 Å². The summed E-state index contributed by atoms with van der Waals surface area (Å²) in [6, 6.07) is 0. The van der Waals surface area contributed by atoms with Crippen LogP contribution in [-0.4, -0.2) is 14.8 Å². The van der Waals surface area contributed by atoms with Gasteiger partial charge in [-0.05, 0) is 12.8 Å². The third-order valence-corrected chi connectivity index (χ3v) is 1.63. The molecular formula is C8H15N3. The Morgan fingerprint density at radius 1 is 1.55 bits per heavy atom. The third-order valence-electron chi connectivity index (χ3n) is 1.63. The van der Waals surface area contributed by atoms with Gasteiger partial charge in [0.05, 0.1) is 0 Å². The van der Waals surface area contributed by atoms with Crippen molar-refractivity contribution in [1.29, 1.82) is 0 Å². The van der Waals surface area contributed by atoms with Crippen LogP contribution in [0.1, 0.15) is 26.6 Å². The van der Waals surface area contributed by atoms with Crippen LogP contribution >= 0.6 is 0 Å². The van der Waals surface area contributed by atoms with Crippen molar-refractivity contribution in [3.8, 4) is 0 Å². The molecule has 0 aliphatic rings. The molecule has 0 fully saturated rings. The predicted octanol–water partition coefficient (Wildman–Crippen LogP) is 1.50. The fourth-order valence-corrected chi connectivity index (χ4v) is 1.07. The van der Waals surface area contributed by atoms with Crippen molar-refractivity contribution >= 4 is 0 Å². The molecule has 3 heteroatoms. The Balaban J connectivity index is 2.68. The molecule has 0 spiro atoms. The largest absolute Gasteiger partial charge is 0.318 e. The van der Waals surface area contributed by atoms with Crippen LogP contribution in [0.5, 0.6) is 0 Å². The summed E-state index contributed by atoms with van der Waals surface area (Å²) in [7, 11) is 0. The highest BCUT2D eigenvalue weighted by atomic mass is 15.3. The number of aromatic nitrogens is 3. The zero-order valence-electron chi connectivity index (χ0n) is 7.41. The van der Waals surface area contributed by atoms with Crippen molar-refractivity contribution in [2.75, 3.05) is 0 Å². The molecule has 0 saturated carbocycles. The summed E-state index contributed by atoms with van der Waals surface area (Å²) in [5.74, 6) is 1.76. The lowest BCUT2D eigenvalue weighted by Crippen LogP contribution is -2.04. The van der Waals surface area contributed by atoms with Crippen molar-refractivity contribution in [3.05, 3.63) is 12.2 Å². The monoisotopic (exact) mass is 153 g/mol. The van der Waals surface area contributed by atoms with Crippen molar-refractivity contribution in [1.82, 2.24) is 14.8 Å². The predicted molar refractivity (Wildman–Crippen MR) is 44.2 cm³/mol. The molecule has 1 aromatic heterocycles. The van der Waals surface area contributed by atoms with Gasteiger partial charge >= 0.3 is 0 Å². The van der Waals surface area contributed by atoms with E-state index >= 15 is 0 Å². The second kappa shape index (κ2) is 3.51. The minimum absolute atomic E-state index is 0.657. The van der Waals surface area contributed by atoms with Gasteiger partial charge in [-0.1, -0.05) is 13.8 Å². The maximum Gasteiger partial charge on any atom is 0.133 e. The van der Waals surface area contributed by atoms with Crippen molar-refractivity contribution < 1.29 is 0 Å². The second-order valence-corrected chi connectivity index (χ2v) is 3.13. The Morgan fingerprint density at radius 3 is 2.82 bits per heavy atom. The van der Waals surface area contributed by atoms with E-state index in [9.17, 15) is 0 Å². The van der Waals surface area contributed by atoms with Crippen molar-refractivity contribution in [2.45, 2.75) is 33.7 Å². The molecule has 3 nitrogen and oxygen atoms in total. The van der Waals surface area contributed by atoms with Crippen LogP contribution in [0.4, 0.5) is 0 Å². The number of rotatable bonds is 3. The van der Waals surface area contributed by atoms with Crippen LogP contribution in [0.25, 0.3) is 0 Å². The molecule has 62 valence electrons. The second-order valence-electron chi connectivity index (χ2n) is 3.13. The molecule has 0 saturated heterocycles. The molecule has 1 heterocycles. The maximum absolute atomic E-state index is 4.04. The molecule has 1 rings (SSSR count). The van der Waals surface area contributed by atoms with Gasteiger partial charge in [-0.25, -0.2) is 0 Å². The minimum Gasteiger partial charge on any atom is -0.318 e. The quantitative estimate of drug-likeness (QED) is 0.658. The number of nitrogens with zero attached hydrogens (tertiary/aromatic N) is 3. The Bertz CT molecular complexity index is 215. The summed E-state index contributed by atoms with van der Waals surface area (Å²) in [6.45, 7) is 7.45. The van der Waals surface area contributed by atoms with Gasteiger partial charge < -0.3 is 4.57 Å². The molecule has 11 heavy (non-hydrogen) atoms. The minimum atomic E-state index is 0.657. The molecule has 0 radical (unpaired) electrons. The van der Waals surface area contributed by atoms with Crippen LogP contribution in [-0.2, 0) is 13.0 Å². The number of hydrogen-bond donors (Lipinski definition) is 0. The Kier molecular flexibility index (Phi) is 2.63. The Hall–Kier alpha value is -0.860. The van der Waals surface area contributed by atoms with E-state index in [1.54, 1.807) is 6.33 Å². The molecule has 0 N–H and O–H groups in total. The smallest absolute Gasteiger partial charge is 0.133 e. The SMILES string of the molecule is CCn1cnnc1CC(C)C. The lowest BCUT2D eigenvalue weighted by molar-refractivity contribution is 0.583. The van der Waals surface area contributed by atoms with Gasteiger partial charge in [0.1, 0.15) is 12.2 Å². The van der Waals surface area contributed by atoms with E-state index in [1.165, 1.54) is 0 Å². The van der Waals surface area contributed by atoms with Crippen molar-refractivity contribution in [3.63, 3.8) is 0 Å². The van der Waals surface area contributed by atoms with Gasteiger partial charge in [0.25, 0.3) is 0 Å². The highest BCUT2D eigenvalue weighted by molar-refractivity contribution is 4.86. The molecule has 0 atom stereocenters. The molecule has 0 bridgehead atoms. The normalized spacial score (nSPS) is 10.9. The van der Waals surface area contributed by atoms with Gasteiger partial charge in [0, 0.05) is 13.0 Å². The molecule has 0 unspecified atom stereocenters. The molecular weight excluding hydrogens is 138 g/mol. The van der Waals surface area contributed by atoms with Crippen LogP contribution in [0.15, 0.2) is 6.33 Å². The molecule has 0 aromatic carbocycles. The first-order chi connectivity index (χ1) is 5.24. The standard InChI is InChI=1S/C8H15N3/c1-4-11-6-9-10-8(11)5-7(2)3/h6-7H,4-5H2,1-3H3. The van der Waals surface area contributed by atoms with E-state index in [1.807, 2.05) is 0 Å². The van der Waals surface area contributed by atoms with E-state index in [2.05, 4.69) is 35.5 Å². The average Bonchev–Trinajstić information content (AvgIpc) is 2.34. The van der Waals surface area contributed by atoms with E-state index < -0.39 is 0 Å². The Labute approximate surface area is 67.4 Å². The highest BCUT2D eigenvalue weighted by Crippen LogP contribution is 2.03. The molecule has 1 aromatic rings. The van der Waals surface area contributed by atoms with Gasteiger partial charge in [-0.2, -0.15) is 0 Å². The van der Waals surface area contributed by atoms with Crippen LogP contribution in [0.3, 0.4) is 0 Å². The first-order valence-electron chi connectivity index (χ1n) is 4.10. The molecule has 0 amide bonds. The van der Waals surface area contributed by atoms with Gasteiger partial charge in [0.15, 0.2) is 0 Å². The summed E-state index contributed by atoms with van der Waals surface area (Å²) in [5, 5.41) is 7.90. The third kappa shape index (κ3) is 2.03. The van der Waals surface area contributed by atoms with E-state index in [0.717, 1.165) is 18.8 Å². The topological polar surface area (TPSA) is 30.7 Å². The molecule has 0 aliphatic heterocycles. The lowest BCUT2D eigenvalue weighted by atomic mass is 10.1. The summed E-state index contributed by atoms with van der Waals surface area (Å²) in [6.07, 6.45) is 2.81. The maximum atomic E-state index is 4.04. The fraction of sp³-hybridized carbons (Fsp3) is 0.750. The van der Waals surface area contributed by atoms with Crippen LogP contribution < -0.4 is 0 Å². The summed E-state index contributed by atoms with van der Waals surface area (Å²) >= 11 is 0. The zero-order chi connectivity index (χ0) is 8.27. The van der Waals surface area contributed by atoms with E-state index in [0.29, 0.717) is 5.92 Å². The fourth-order valence-electron chi connectivity index (χ4n) is 1.07. The van der Waals surface area contributed by atoms with Gasteiger partial charge in [-0.3, -0.25) is 0 Å². The summed E-state index contributed by atoms with van der Waals surface area (Å²) < 4.78 is 2.08. The number of hydrogen-bond acceptors (Lipinski definition) is 2. The highest BCUT2D eigenvalue weighted by Gasteiger charge is 2.03. The van der Waals surface area contributed by atoms with E-state index in [-0.39, 0.29) is 0 Å². The van der Waals surface area contributed by atoms with Crippen LogP contribution in [0.2, 0.25) is 0 Å². The van der Waals surface area contributed by atoms with Crippen LogP contribution in [0, 0.1) is 5.92 Å². The number of aryl methyl sites for hydroxylation is 1. The lowest BCUT2D eigenvalue weighted by Gasteiger charge is -2.04.